The minimum absolute atomic E-state index is 0.256. The highest BCUT2D eigenvalue weighted by Crippen LogP contribution is 2.35. The van der Waals surface area contributed by atoms with E-state index in [4.69, 9.17) is 9.47 Å². The minimum atomic E-state index is -0.743. The van der Waals surface area contributed by atoms with Crippen LogP contribution in [-0.2, 0) is 19.1 Å². The Morgan fingerprint density at radius 1 is 0.708 bits per heavy atom. The topological polar surface area (TPSA) is 52.6 Å². The fourth-order valence-electron chi connectivity index (χ4n) is 2.71. The van der Waals surface area contributed by atoms with Crippen LogP contribution < -0.4 is 0 Å². The molecule has 0 saturated heterocycles. The lowest BCUT2D eigenvalue weighted by atomic mass is 9.81. The summed E-state index contributed by atoms with van der Waals surface area (Å²) in [7, 11) is 0. The Kier molecular flexibility index (Phi) is 6.55. The van der Waals surface area contributed by atoms with E-state index in [1.165, 1.54) is 0 Å². The molecule has 0 aliphatic carbocycles. The van der Waals surface area contributed by atoms with Gasteiger partial charge >= 0.3 is 11.9 Å². The average molecular weight is 326 g/mol. The summed E-state index contributed by atoms with van der Waals surface area (Å²) in [4.78, 5) is 25.3. The molecule has 0 heterocycles. The van der Waals surface area contributed by atoms with Gasteiger partial charge in [0, 0.05) is 0 Å². The van der Waals surface area contributed by atoms with Crippen molar-refractivity contribution in [3.05, 3.63) is 71.8 Å². The molecule has 0 saturated carbocycles. The van der Waals surface area contributed by atoms with Crippen LogP contribution in [0.25, 0.3) is 0 Å². The van der Waals surface area contributed by atoms with Crippen molar-refractivity contribution in [3.8, 4) is 0 Å². The number of rotatable bonds is 7. The third-order valence-electron chi connectivity index (χ3n) is 3.73. The third kappa shape index (κ3) is 4.22. The summed E-state index contributed by atoms with van der Waals surface area (Å²) in [6, 6.07) is 18.4. The number of ether oxygens (including phenoxy) is 2. The van der Waals surface area contributed by atoms with Crippen LogP contribution in [0, 0.1) is 0 Å². The zero-order valence-electron chi connectivity index (χ0n) is 14.0. The summed E-state index contributed by atoms with van der Waals surface area (Å²) in [5.41, 5.74) is 1.47. The summed E-state index contributed by atoms with van der Waals surface area (Å²) < 4.78 is 10.5. The van der Waals surface area contributed by atoms with Crippen LogP contribution in [-0.4, -0.2) is 25.2 Å². The number of hydrogen-bond acceptors (Lipinski definition) is 4. The highest BCUT2D eigenvalue weighted by atomic mass is 16.5. The molecule has 0 N–H and O–H groups in total. The fourth-order valence-corrected chi connectivity index (χ4v) is 2.71. The number of hydrogen-bond donors (Lipinski definition) is 0. The molecule has 2 atom stereocenters. The SMILES string of the molecule is CCOC(=O)[C@H](c1ccccc1)[C@@H](C(=O)OCC)c1ccccc1. The van der Waals surface area contributed by atoms with Crippen LogP contribution in [0.2, 0.25) is 0 Å². The van der Waals surface area contributed by atoms with E-state index in [2.05, 4.69) is 0 Å². The first-order chi connectivity index (χ1) is 11.7. The lowest BCUT2D eigenvalue weighted by molar-refractivity contribution is -0.153. The Hall–Kier alpha value is -2.62. The van der Waals surface area contributed by atoms with Crippen molar-refractivity contribution in [2.24, 2.45) is 0 Å². The Morgan fingerprint density at radius 2 is 1.04 bits per heavy atom. The second kappa shape index (κ2) is 8.87. The summed E-state index contributed by atoms with van der Waals surface area (Å²) >= 11 is 0. The molecule has 0 aromatic heterocycles. The van der Waals surface area contributed by atoms with Gasteiger partial charge in [0.25, 0.3) is 0 Å². The zero-order chi connectivity index (χ0) is 17.4. The van der Waals surface area contributed by atoms with Crippen molar-refractivity contribution >= 4 is 11.9 Å². The molecule has 4 heteroatoms. The standard InChI is InChI=1S/C20H22O4/c1-3-23-19(21)17(15-11-7-5-8-12-15)18(20(22)24-4-2)16-13-9-6-10-14-16/h5-14,17-18H,3-4H2,1-2H3/t17-,18+. The fraction of sp³-hybridized carbons (Fsp3) is 0.300. The summed E-state index contributed by atoms with van der Waals surface area (Å²) in [5, 5.41) is 0. The van der Waals surface area contributed by atoms with Gasteiger partial charge in [0.05, 0.1) is 25.0 Å². The first-order valence-electron chi connectivity index (χ1n) is 8.12. The van der Waals surface area contributed by atoms with Crippen molar-refractivity contribution < 1.29 is 19.1 Å². The molecular weight excluding hydrogens is 304 g/mol. The summed E-state index contributed by atoms with van der Waals surface area (Å²) in [5.74, 6) is -2.34. The number of carbonyl (C=O) groups excluding carboxylic acids is 2. The molecule has 24 heavy (non-hydrogen) atoms. The molecule has 0 spiro atoms. The van der Waals surface area contributed by atoms with Gasteiger partial charge in [-0.3, -0.25) is 9.59 Å². The van der Waals surface area contributed by atoms with Crippen LogP contribution in [0.4, 0.5) is 0 Å². The first-order valence-corrected chi connectivity index (χ1v) is 8.12. The number of esters is 2. The molecule has 0 unspecified atom stereocenters. The summed E-state index contributed by atoms with van der Waals surface area (Å²) in [6.07, 6.45) is 0. The van der Waals surface area contributed by atoms with E-state index in [-0.39, 0.29) is 13.2 Å². The maximum Gasteiger partial charge on any atom is 0.314 e. The van der Waals surface area contributed by atoms with Gasteiger partial charge in [-0.05, 0) is 25.0 Å². The smallest absolute Gasteiger partial charge is 0.314 e. The van der Waals surface area contributed by atoms with E-state index >= 15 is 0 Å². The van der Waals surface area contributed by atoms with Gasteiger partial charge < -0.3 is 9.47 Å². The molecule has 4 nitrogen and oxygen atoms in total. The van der Waals surface area contributed by atoms with Crippen LogP contribution in [0.3, 0.4) is 0 Å². The molecule has 2 aromatic carbocycles. The third-order valence-corrected chi connectivity index (χ3v) is 3.73. The Balaban J connectivity index is 2.51. The van der Waals surface area contributed by atoms with Crippen LogP contribution >= 0.6 is 0 Å². The van der Waals surface area contributed by atoms with E-state index in [9.17, 15) is 9.59 Å². The molecule has 0 amide bonds. The van der Waals surface area contributed by atoms with E-state index in [0.29, 0.717) is 0 Å². The maximum atomic E-state index is 12.6. The Labute approximate surface area is 142 Å². The molecule has 126 valence electrons. The van der Waals surface area contributed by atoms with E-state index < -0.39 is 23.8 Å². The van der Waals surface area contributed by atoms with Gasteiger partial charge in [-0.1, -0.05) is 60.7 Å². The van der Waals surface area contributed by atoms with Crippen molar-refractivity contribution in [1.82, 2.24) is 0 Å². The summed E-state index contributed by atoms with van der Waals surface area (Å²) in [6.45, 7) is 4.02. The molecule has 2 rings (SSSR count). The lowest BCUT2D eigenvalue weighted by Gasteiger charge is -2.25. The average Bonchev–Trinajstić information content (AvgIpc) is 2.61. The molecule has 2 aromatic rings. The zero-order valence-corrected chi connectivity index (χ0v) is 14.0. The van der Waals surface area contributed by atoms with Gasteiger partial charge in [-0.15, -0.1) is 0 Å². The highest BCUT2D eigenvalue weighted by molar-refractivity contribution is 5.90. The molecule has 0 bridgehead atoms. The van der Waals surface area contributed by atoms with Crippen LogP contribution in [0.15, 0.2) is 60.7 Å². The van der Waals surface area contributed by atoms with Crippen molar-refractivity contribution in [3.63, 3.8) is 0 Å². The van der Waals surface area contributed by atoms with Crippen molar-refractivity contribution in [2.45, 2.75) is 25.7 Å². The highest BCUT2D eigenvalue weighted by Gasteiger charge is 2.38. The molecular formula is C20H22O4. The number of benzene rings is 2. The normalized spacial score (nSPS) is 12.9. The number of carbonyl (C=O) groups is 2. The Morgan fingerprint density at radius 3 is 1.33 bits per heavy atom. The van der Waals surface area contributed by atoms with E-state index in [0.717, 1.165) is 11.1 Å². The monoisotopic (exact) mass is 326 g/mol. The van der Waals surface area contributed by atoms with Gasteiger partial charge in [-0.25, -0.2) is 0 Å². The predicted octanol–water partition coefficient (Wildman–Crippen LogP) is 3.68. The predicted molar refractivity (Wildman–Crippen MR) is 91.6 cm³/mol. The minimum Gasteiger partial charge on any atom is -0.465 e. The molecule has 0 fully saturated rings. The van der Waals surface area contributed by atoms with Crippen LogP contribution in [0.1, 0.15) is 36.8 Å². The molecule has 0 radical (unpaired) electrons. The Bertz CT molecular complexity index is 592. The van der Waals surface area contributed by atoms with Gasteiger partial charge in [0.2, 0.25) is 0 Å². The van der Waals surface area contributed by atoms with Crippen molar-refractivity contribution in [2.75, 3.05) is 13.2 Å². The second-order valence-corrected chi connectivity index (χ2v) is 5.28. The van der Waals surface area contributed by atoms with Crippen molar-refractivity contribution in [1.29, 1.82) is 0 Å². The quantitative estimate of drug-likeness (QED) is 0.728. The van der Waals surface area contributed by atoms with E-state index in [1.807, 2.05) is 60.7 Å². The second-order valence-electron chi connectivity index (χ2n) is 5.28. The van der Waals surface area contributed by atoms with Gasteiger partial charge in [0.15, 0.2) is 0 Å². The van der Waals surface area contributed by atoms with Crippen LogP contribution in [0.5, 0.6) is 0 Å². The largest absolute Gasteiger partial charge is 0.465 e. The van der Waals surface area contributed by atoms with Gasteiger partial charge in [0.1, 0.15) is 0 Å². The van der Waals surface area contributed by atoms with E-state index in [1.54, 1.807) is 13.8 Å². The first kappa shape index (κ1) is 17.7. The molecule has 0 aliphatic heterocycles. The van der Waals surface area contributed by atoms with Gasteiger partial charge in [-0.2, -0.15) is 0 Å². The maximum absolute atomic E-state index is 12.6. The molecule has 0 aliphatic rings. The lowest BCUT2D eigenvalue weighted by Crippen LogP contribution is -2.29.